The van der Waals surface area contributed by atoms with Gasteiger partial charge in [-0.15, -0.1) is 0 Å². The molecule has 1 aromatic heterocycles. The number of carbonyl (C=O) groups is 2. The molecule has 1 aliphatic heterocycles. The van der Waals surface area contributed by atoms with Gasteiger partial charge in [-0.25, -0.2) is 4.79 Å². The second-order valence-corrected chi connectivity index (χ2v) is 8.06. The molecule has 31 heavy (non-hydrogen) atoms. The number of ether oxygens (including phenoxy) is 1. The summed E-state index contributed by atoms with van der Waals surface area (Å²) in [5.74, 6) is -0.567. The third-order valence-electron chi connectivity index (χ3n) is 5.79. The number of aromatic amines is 1. The third-order valence-corrected chi connectivity index (χ3v) is 5.79. The molecule has 0 unspecified atom stereocenters. The van der Waals surface area contributed by atoms with E-state index < -0.39 is 0 Å². The highest BCUT2D eigenvalue weighted by molar-refractivity contribution is 6.00. The van der Waals surface area contributed by atoms with Crippen molar-refractivity contribution in [2.45, 2.75) is 33.7 Å². The molecule has 168 valence electrons. The third kappa shape index (κ3) is 6.18. The lowest BCUT2D eigenvalue weighted by atomic mass is 10.1. The fourth-order valence-electron chi connectivity index (χ4n) is 4.09. The van der Waals surface area contributed by atoms with E-state index in [1.165, 1.54) is 5.56 Å². The lowest BCUT2D eigenvalue weighted by Gasteiger charge is -2.34. The summed E-state index contributed by atoms with van der Waals surface area (Å²) in [7, 11) is 0. The minimum atomic E-state index is -0.390. The summed E-state index contributed by atoms with van der Waals surface area (Å²) in [6, 6.07) is 10.6. The highest BCUT2D eigenvalue weighted by Gasteiger charge is 2.23. The number of piperazine rings is 1. The summed E-state index contributed by atoms with van der Waals surface area (Å²) in [4.78, 5) is 32.6. The minimum Gasteiger partial charge on any atom is -0.462 e. The molecule has 2 N–H and O–H groups in total. The molecular weight excluding hydrogens is 392 g/mol. The van der Waals surface area contributed by atoms with Gasteiger partial charge < -0.3 is 19.9 Å². The standard InChI is InChI=1S/C24H34N4O3/c1-4-31-24(30)21-18(2)22(26-19(21)3)23(29)25-11-8-12-27-13-15-28(16-14-27)17-20-9-6-5-7-10-20/h5-7,9-10,26H,4,8,11-17H2,1-3H3,(H,25,29). The van der Waals surface area contributed by atoms with Crippen LogP contribution in [0.4, 0.5) is 0 Å². The molecule has 7 nitrogen and oxygen atoms in total. The lowest BCUT2D eigenvalue weighted by Crippen LogP contribution is -2.46. The summed E-state index contributed by atoms with van der Waals surface area (Å²) in [6.07, 6.45) is 0.897. The normalized spacial score (nSPS) is 15.1. The van der Waals surface area contributed by atoms with Gasteiger partial charge in [0.25, 0.3) is 5.91 Å². The first-order chi connectivity index (χ1) is 15.0. The van der Waals surface area contributed by atoms with Gasteiger partial charge in [-0.05, 0) is 44.9 Å². The quantitative estimate of drug-likeness (QED) is 0.476. The second kappa shape index (κ2) is 11.1. The molecule has 2 aromatic rings. The van der Waals surface area contributed by atoms with E-state index in [0.717, 1.165) is 45.7 Å². The predicted octanol–water partition coefficient (Wildman–Crippen LogP) is 2.75. The Morgan fingerprint density at radius 3 is 2.42 bits per heavy atom. The Labute approximate surface area is 184 Å². The Morgan fingerprint density at radius 1 is 1.06 bits per heavy atom. The Morgan fingerprint density at radius 2 is 1.74 bits per heavy atom. The first-order valence-electron chi connectivity index (χ1n) is 11.1. The van der Waals surface area contributed by atoms with Gasteiger partial charge >= 0.3 is 5.97 Å². The molecular formula is C24H34N4O3. The molecule has 0 radical (unpaired) electrons. The first-order valence-corrected chi connectivity index (χ1v) is 11.1. The average molecular weight is 427 g/mol. The molecule has 1 fully saturated rings. The van der Waals surface area contributed by atoms with Crippen LogP contribution in [0.5, 0.6) is 0 Å². The van der Waals surface area contributed by atoms with E-state index in [4.69, 9.17) is 4.74 Å². The number of hydrogen-bond donors (Lipinski definition) is 2. The SMILES string of the molecule is CCOC(=O)c1c(C)[nH]c(C(=O)NCCCN2CCN(Cc3ccccc3)CC2)c1C. The lowest BCUT2D eigenvalue weighted by molar-refractivity contribution is 0.0525. The number of rotatable bonds is 9. The van der Waals surface area contributed by atoms with Crippen LogP contribution in [0, 0.1) is 13.8 Å². The average Bonchev–Trinajstić information content (AvgIpc) is 3.07. The monoisotopic (exact) mass is 426 g/mol. The van der Waals surface area contributed by atoms with Gasteiger partial charge in [0.05, 0.1) is 12.2 Å². The number of benzene rings is 1. The molecule has 3 rings (SSSR count). The van der Waals surface area contributed by atoms with Crippen molar-refractivity contribution in [3.05, 3.63) is 58.4 Å². The number of hydrogen-bond acceptors (Lipinski definition) is 5. The maximum atomic E-state index is 12.6. The molecule has 0 spiro atoms. The summed E-state index contributed by atoms with van der Waals surface area (Å²) in [6.45, 7) is 12.5. The molecule has 1 amide bonds. The smallest absolute Gasteiger partial charge is 0.340 e. The van der Waals surface area contributed by atoms with Crippen molar-refractivity contribution in [1.82, 2.24) is 20.1 Å². The zero-order valence-electron chi connectivity index (χ0n) is 18.9. The van der Waals surface area contributed by atoms with Crippen LogP contribution in [-0.2, 0) is 11.3 Å². The fraction of sp³-hybridized carbons (Fsp3) is 0.500. The van der Waals surface area contributed by atoms with Crippen molar-refractivity contribution in [2.24, 2.45) is 0 Å². The Hall–Kier alpha value is -2.64. The van der Waals surface area contributed by atoms with E-state index in [0.29, 0.717) is 35.7 Å². The van der Waals surface area contributed by atoms with E-state index in [1.54, 1.807) is 20.8 Å². The van der Waals surface area contributed by atoms with Gasteiger partial charge in [0, 0.05) is 45.0 Å². The molecule has 1 aromatic carbocycles. The van der Waals surface area contributed by atoms with Crippen molar-refractivity contribution >= 4 is 11.9 Å². The first kappa shape index (κ1) is 23.0. The number of nitrogens with one attached hydrogen (secondary N) is 2. The van der Waals surface area contributed by atoms with Crippen LogP contribution in [0.15, 0.2) is 30.3 Å². The highest BCUT2D eigenvalue weighted by Crippen LogP contribution is 2.19. The maximum Gasteiger partial charge on any atom is 0.340 e. The van der Waals surface area contributed by atoms with Gasteiger partial charge in [-0.1, -0.05) is 30.3 Å². The molecule has 0 atom stereocenters. The summed E-state index contributed by atoms with van der Waals surface area (Å²) in [5.41, 5.74) is 3.56. The zero-order valence-corrected chi connectivity index (χ0v) is 18.9. The van der Waals surface area contributed by atoms with E-state index >= 15 is 0 Å². The van der Waals surface area contributed by atoms with E-state index in [2.05, 4.69) is 50.4 Å². The zero-order chi connectivity index (χ0) is 22.2. The Bertz CT molecular complexity index is 870. The van der Waals surface area contributed by atoms with Gasteiger partial charge in [0.1, 0.15) is 5.69 Å². The van der Waals surface area contributed by atoms with Gasteiger partial charge in [-0.2, -0.15) is 0 Å². The largest absolute Gasteiger partial charge is 0.462 e. The van der Waals surface area contributed by atoms with Crippen molar-refractivity contribution < 1.29 is 14.3 Å². The second-order valence-electron chi connectivity index (χ2n) is 8.06. The minimum absolute atomic E-state index is 0.177. The van der Waals surface area contributed by atoms with Crippen molar-refractivity contribution in [1.29, 1.82) is 0 Å². The van der Waals surface area contributed by atoms with E-state index in [-0.39, 0.29) is 11.9 Å². The number of amides is 1. The van der Waals surface area contributed by atoms with Crippen LogP contribution in [0.2, 0.25) is 0 Å². The summed E-state index contributed by atoms with van der Waals surface area (Å²) in [5, 5.41) is 2.97. The molecule has 1 aliphatic rings. The van der Waals surface area contributed by atoms with Crippen LogP contribution in [0.25, 0.3) is 0 Å². The number of H-pyrrole nitrogens is 1. The van der Waals surface area contributed by atoms with Crippen LogP contribution in [0.1, 0.15) is 51.0 Å². The maximum absolute atomic E-state index is 12.6. The van der Waals surface area contributed by atoms with Crippen LogP contribution in [0.3, 0.4) is 0 Å². The molecule has 0 bridgehead atoms. The van der Waals surface area contributed by atoms with Crippen molar-refractivity contribution in [3.63, 3.8) is 0 Å². The number of aromatic nitrogens is 1. The molecule has 7 heteroatoms. The Balaban J connectivity index is 1.38. The summed E-state index contributed by atoms with van der Waals surface area (Å²) < 4.78 is 5.09. The van der Waals surface area contributed by atoms with Crippen LogP contribution >= 0.6 is 0 Å². The van der Waals surface area contributed by atoms with Crippen LogP contribution in [-0.4, -0.2) is 72.5 Å². The van der Waals surface area contributed by atoms with Gasteiger partial charge in [0.2, 0.25) is 0 Å². The number of esters is 1. The molecule has 0 aliphatic carbocycles. The summed E-state index contributed by atoms with van der Waals surface area (Å²) >= 11 is 0. The van der Waals surface area contributed by atoms with E-state index in [1.807, 2.05) is 0 Å². The number of nitrogens with zero attached hydrogens (tertiary/aromatic N) is 2. The highest BCUT2D eigenvalue weighted by atomic mass is 16.5. The molecule has 2 heterocycles. The van der Waals surface area contributed by atoms with E-state index in [9.17, 15) is 9.59 Å². The van der Waals surface area contributed by atoms with Crippen LogP contribution < -0.4 is 5.32 Å². The number of aryl methyl sites for hydroxylation is 1. The number of carbonyl (C=O) groups excluding carboxylic acids is 2. The molecule has 0 saturated carbocycles. The van der Waals surface area contributed by atoms with Gasteiger partial charge in [-0.3, -0.25) is 9.69 Å². The Kier molecular flexibility index (Phi) is 8.26. The van der Waals surface area contributed by atoms with Crippen molar-refractivity contribution in [3.8, 4) is 0 Å². The fourth-order valence-corrected chi connectivity index (χ4v) is 4.09. The van der Waals surface area contributed by atoms with Crippen molar-refractivity contribution in [2.75, 3.05) is 45.9 Å². The molecule has 1 saturated heterocycles. The topological polar surface area (TPSA) is 77.7 Å². The predicted molar refractivity (Wildman–Crippen MR) is 121 cm³/mol. The van der Waals surface area contributed by atoms with Gasteiger partial charge in [0.15, 0.2) is 0 Å².